The molecule has 0 saturated carbocycles. The van der Waals surface area contributed by atoms with Crippen LogP contribution in [-0.2, 0) is 36.7 Å². The van der Waals surface area contributed by atoms with E-state index in [9.17, 15) is 0 Å². The molecule has 0 spiro atoms. The smallest absolute Gasteiger partial charge is 0.0512 e. The Morgan fingerprint density at radius 2 is 1.40 bits per heavy atom. The van der Waals surface area contributed by atoms with Gasteiger partial charge in [-0.1, -0.05) is 25.7 Å². The summed E-state index contributed by atoms with van der Waals surface area (Å²) >= 11 is 1.08. The van der Waals surface area contributed by atoms with Crippen LogP contribution in [0, 0.1) is 6.08 Å². The zero-order chi connectivity index (χ0) is 19.4. The van der Waals surface area contributed by atoms with Gasteiger partial charge in [0.05, 0.1) is 0 Å². The molecule has 0 fully saturated rings. The molecule has 0 heterocycles. The van der Waals surface area contributed by atoms with Gasteiger partial charge in [-0.3, -0.25) is 6.08 Å². The maximum absolute atomic E-state index is 2.99. The molecule has 0 aromatic heterocycles. The van der Waals surface area contributed by atoms with Crippen LogP contribution >= 0.6 is 0 Å². The van der Waals surface area contributed by atoms with Crippen LogP contribution < -0.4 is 24.8 Å². The van der Waals surface area contributed by atoms with E-state index in [2.05, 4.69) is 91.0 Å². The van der Waals surface area contributed by atoms with E-state index in [0.717, 1.165) is 30.3 Å². The number of rotatable bonds is 2. The minimum atomic E-state index is 0. The number of halogens is 2. The second-order valence-electron chi connectivity index (χ2n) is 6.89. The molecule has 0 unspecified atom stereocenters. The summed E-state index contributed by atoms with van der Waals surface area (Å²) in [7, 11) is 0. The van der Waals surface area contributed by atoms with E-state index >= 15 is 0 Å². The molecular weight excluding hydrogens is 574 g/mol. The van der Waals surface area contributed by atoms with Gasteiger partial charge in [-0.15, -0.1) is 6.42 Å². The molecule has 154 valence electrons. The maximum atomic E-state index is 2.99. The molecule has 3 heteroatoms. The molecule has 5 rings (SSSR count). The summed E-state index contributed by atoms with van der Waals surface area (Å²) in [6, 6.07) is 27.9. The first-order valence-electron chi connectivity index (χ1n) is 9.99. The number of hydrogen-bond acceptors (Lipinski definition) is 0. The van der Waals surface area contributed by atoms with E-state index in [1.54, 1.807) is 11.1 Å². The summed E-state index contributed by atoms with van der Waals surface area (Å²) in [6.07, 6.45) is 15.4. The molecule has 0 saturated heterocycles. The first-order valence-corrected chi connectivity index (χ1v) is 11.8. The molecule has 3 aromatic rings. The van der Waals surface area contributed by atoms with Gasteiger partial charge in [0.2, 0.25) is 0 Å². The van der Waals surface area contributed by atoms with Crippen molar-refractivity contribution < 1.29 is 48.7 Å². The fourth-order valence-corrected chi connectivity index (χ4v) is 4.53. The van der Waals surface area contributed by atoms with Crippen LogP contribution in [0.15, 0.2) is 97.1 Å². The van der Waals surface area contributed by atoms with Gasteiger partial charge in [0.15, 0.2) is 0 Å². The molecule has 3 aromatic carbocycles. The van der Waals surface area contributed by atoms with Gasteiger partial charge in [-0.05, 0) is 0 Å². The monoisotopic (exact) mass is 600 g/mol. The van der Waals surface area contributed by atoms with E-state index < -0.39 is 0 Å². The van der Waals surface area contributed by atoms with Gasteiger partial charge in [0.25, 0.3) is 0 Å². The van der Waals surface area contributed by atoms with Crippen LogP contribution in [0.1, 0.15) is 41.5 Å². The maximum Gasteiger partial charge on any atom is -0.0512 e. The Morgan fingerprint density at radius 3 is 1.87 bits per heavy atom. The second kappa shape index (κ2) is 15.4. The Bertz CT molecular complexity index is 836. The molecule has 0 radical (unpaired) electrons. The van der Waals surface area contributed by atoms with Gasteiger partial charge >= 0.3 is 98.9 Å². The molecule has 0 atom stereocenters. The number of benzene rings is 2. The predicted octanol–water partition coefficient (Wildman–Crippen LogP) is 0.400. The fourth-order valence-electron chi connectivity index (χ4n) is 3.33. The van der Waals surface area contributed by atoms with Crippen LogP contribution in [0.2, 0.25) is 0 Å². The first kappa shape index (κ1) is 26.6. The van der Waals surface area contributed by atoms with Crippen LogP contribution in [0.4, 0.5) is 0 Å². The molecule has 0 bridgehead atoms. The molecule has 2 aliphatic carbocycles. The standard InChI is InChI=1S/C13H10.C9H11.C5H5.2ClH.Hf/c1-3-7-12(8-4-1)11-13-9-5-2-6-10-13;1-2-5-9-7-3-6-8(9)4-1;1-2-4-5-3-1;;;/h1-10H;3,6-7H,1-2,4-5H2;1-3H,4H2;2*1H;/q;2*-1;;;+2/p-2. The third-order valence-corrected chi connectivity index (χ3v) is 6.93. The number of fused-ring (bicyclic) bond motifs is 1. The molecule has 2 aliphatic rings. The van der Waals surface area contributed by atoms with E-state index in [-0.39, 0.29) is 24.8 Å². The normalized spacial score (nSPS) is 12.7. The molecular formula is C27H26Cl2Hf-2. The summed E-state index contributed by atoms with van der Waals surface area (Å²) < 4.78 is 1.46. The zero-order valence-corrected chi connectivity index (χ0v) is 22.1. The van der Waals surface area contributed by atoms with E-state index in [4.69, 9.17) is 0 Å². The quantitative estimate of drug-likeness (QED) is 0.296. The van der Waals surface area contributed by atoms with E-state index in [1.807, 2.05) is 12.2 Å². The third kappa shape index (κ3) is 8.76. The van der Waals surface area contributed by atoms with Gasteiger partial charge in [0.1, 0.15) is 0 Å². The number of hydrogen-bond donors (Lipinski definition) is 0. The van der Waals surface area contributed by atoms with Crippen molar-refractivity contribution in [1.82, 2.24) is 0 Å². The molecule has 0 aliphatic heterocycles. The van der Waals surface area contributed by atoms with Crippen molar-refractivity contribution in [2.45, 2.75) is 32.1 Å². The van der Waals surface area contributed by atoms with Crippen molar-refractivity contribution in [3.8, 4) is 0 Å². The van der Waals surface area contributed by atoms with Gasteiger partial charge in [-0.2, -0.15) is 29.3 Å². The fraction of sp³-hybridized carbons (Fsp3) is 0.185. The minimum Gasteiger partial charge on any atom is -0.210 e. The summed E-state index contributed by atoms with van der Waals surface area (Å²) in [5, 5.41) is 0. The number of aryl methyl sites for hydroxylation is 2. The summed E-state index contributed by atoms with van der Waals surface area (Å²) in [4.78, 5) is 0. The molecule has 0 N–H and O–H groups in total. The first-order chi connectivity index (χ1) is 13.8. The molecule has 0 amide bonds. The molecule has 0 nitrogen and oxygen atoms in total. The van der Waals surface area contributed by atoms with Gasteiger partial charge < -0.3 is 24.8 Å². The van der Waals surface area contributed by atoms with Crippen LogP contribution in [0.5, 0.6) is 0 Å². The Labute approximate surface area is 208 Å². The summed E-state index contributed by atoms with van der Waals surface area (Å²) in [6.45, 7) is 0. The van der Waals surface area contributed by atoms with Gasteiger partial charge in [0, 0.05) is 0 Å². The summed E-state index contributed by atoms with van der Waals surface area (Å²) in [5.41, 5.74) is 5.90. The van der Waals surface area contributed by atoms with Crippen molar-refractivity contribution in [3.63, 3.8) is 0 Å². The second-order valence-corrected chi connectivity index (χ2v) is 8.69. The van der Waals surface area contributed by atoms with Crippen LogP contribution in [0.25, 0.3) is 0 Å². The molecule has 30 heavy (non-hydrogen) atoms. The van der Waals surface area contributed by atoms with Crippen LogP contribution in [0.3, 0.4) is 0 Å². The van der Waals surface area contributed by atoms with Gasteiger partial charge in [-0.25, -0.2) is 18.2 Å². The van der Waals surface area contributed by atoms with E-state index in [1.165, 1.54) is 40.1 Å². The minimum absolute atomic E-state index is 0. The Kier molecular flexibility index (Phi) is 13.7. The van der Waals surface area contributed by atoms with Crippen molar-refractivity contribution in [1.29, 1.82) is 0 Å². The third-order valence-electron chi connectivity index (χ3n) is 4.86. The van der Waals surface area contributed by atoms with Crippen molar-refractivity contribution in [3.05, 3.63) is 125 Å². The topological polar surface area (TPSA) is 0 Å². The predicted molar refractivity (Wildman–Crippen MR) is 116 cm³/mol. The zero-order valence-electron chi connectivity index (χ0n) is 17.0. The van der Waals surface area contributed by atoms with Crippen molar-refractivity contribution in [2.75, 3.05) is 0 Å². The Balaban J connectivity index is 0.000000242. The average molecular weight is 600 g/mol. The summed E-state index contributed by atoms with van der Waals surface area (Å²) in [5.74, 6) is 0. The van der Waals surface area contributed by atoms with Crippen molar-refractivity contribution >= 4 is 3.26 Å². The largest absolute Gasteiger partial charge is 0.210 e. The number of allylic oxidation sites excluding steroid dienone is 4. The van der Waals surface area contributed by atoms with Crippen molar-refractivity contribution in [2.24, 2.45) is 0 Å². The Morgan fingerprint density at radius 1 is 0.800 bits per heavy atom. The Hall–Kier alpha value is -1.41. The van der Waals surface area contributed by atoms with E-state index in [0.29, 0.717) is 0 Å². The SMILES string of the molecule is [C-]1=CC=CC1.[Cl-].[Cl-].[Hf+2]=[C](c1ccccc1)c1ccccc1.c1cc2c([cH-]1)CCCC2. The van der Waals surface area contributed by atoms with Crippen LogP contribution in [-0.4, -0.2) is 3.26 Å². The average Bonchev–Trinajstić information content (AvgIpc) is 3.50.